The summed E-state index contributed by atoms with van der Waals surface area (Å²) in [6.07, 6.45) is 8.51. The molecule has 0 spiro atoms. The molecule has 0 bridgehead atoms. The van der Waals surface area contributed by atoms with Crippen LogP contribution in [0.15, 0.2) is 30.6 Å². The quantitative estimate of drug-likeness (QED) is 0.755. The van der Waals surface area contributed by atoms with Gasteiger partial charge in [-0.2, -0.15) is 5.10 Å². The van der Waals surface area contributed by atoms with E-state index in [1.54, 1.807) is 4.68 Å². The van der Waals surface area contributed by atoms with E-state index in [-0.39, 0.29) is 0 Å². The van der Waals surface area contributed by atoms with Crippen LogP contribution in [0.4, 0.5) is 5.69 Å². The topological polar surface area (TPSA) is 53.9 Å². The Balaban J connectivity index is 1.87. The van der Waals surface area contributed by atoms with Crippen molar-refractivity contribution in [1.82, 2.24) is 14.8 Å². The molecule has 4 rings (SSSR count). The van der Waals surface area contributed by atoms with E-state index < -0.39 is 0 Å². The lowest BCUT2D eigenvalue weighted by Gasteiger charge is -2.29. The molecule has 23 heavy (non-hydrogen) atoms. The van der Waals surface area contributed by atoms with Crippen LogP contribution in [0.3, 0.4) is 0 Å². The zero-order valence-corrected chi connectivity index (χ0v) is 13.2. The van der Waals surface area contributed by atoms with Crippen molar-refractivity contribution in [1.29, 1.82) is 0 Å². The van der Waals surface area contributed by atoms with Crippen LogP contribution < -0.4 is 4.90 Å². The summed E-state index contributed by atoms with van der Waals surface area (Å²) in [6.45, 7) is 2.17. The number of aromatic nitrogens is 3. The van der Waals surface area contributed by atoms with Gasteiger partial charge in [-0.25, -0.2) is 0 Å². The molecule has 0 unspecified atom stereocenters. The van der Waals surface area contributed by atoms with Crippen molar-refractivity contribution in [3.05, 3.63) is 36.2 Å². The molecule has 0 aliphatic carbocycles. The highest BCUT2D eigenvalue weighted by molar-refractivity contribution is 6.04. The summed E-state index contributed by atoms with van der Waals surface area (Å²) in [4.78, 5) is 17.3. The van der Waals surface area contributed by atoms with Crippen molar-refractivity contribution in [2.45, 2.75) is 19.3 Å². The highest BCUT2D eigenvalue weighted by Crippen LogP contribution is 2.34. The zero-order chi connectivity index (χ0) is 15.8. The van der Waals surface area contributed by atoms with Crippen molar-refractivity contribution in [3.63, 3.8) is 0 Å². The third kappa shape index (κ3) is 2.42. The number of fused-ring (bicyclic) bond motifs is 1. The van der Waals surface area contributed by atoms with Crippen molar-refractivity contribution in [2.24, 2.45) is 7.05 Å². The molecule has 0 amide bonds. The summed E-state index contributed by atoms with van der Waals surface area (Å²) in [6, 6.07) is 6.14. The van der Waals surface area contributed by atoms with Crippen LogP contribution in [0.25, 0.3) is 22.2 Å². The van der Waals surface area contributed by atoms with E-state index in [1.165, 1.54) is 24.9 Å². The fourth-order valence-corrected chi connectivity index (χ4v) is 3.45. The van der Waals surface area contributed by atoms with Gasteiger partial charge in [0.15, 0.2) is 6.29 Å². The maximum Gasteiger partial charge on any atom is 0.152 e. The third-order valence-electron chi connectivity index (χ3n) is 4.64. The molecule has 1 aliphatic rings. The predicted molar refractivity (Wildman–Crippen MR) is 92.0 cm³/mol. The molecule has 1 aromatic carbocycles. The van der Waals surface area contributed by atoms with E-state index in [1.807, 2.05) is 25.5 Å². The maximum absolute atomic E-state index is 11.4. The van der Waals surface area contributed by atoms with Crippen molar-refractivity contribution in [3.8, 4) is 11.3 Å². The SMILES string of the molecule is Cn1cc(-c2cc3c(N4CCCCC4)ccc(C=O)c3[nH]2)cn1. The smallest absolute Gasteiger partial charge is 0.152 e. The van der Waals surface area contributed by atoms with Gasteiger partial charge in [0.05, 0.1) is 11.7 Å². The number of carbonyl (C=O) groups excluding carboxylic acids is 1. The standard InChI is InChI=1S/C18H20N4O/c1-21-11-14(10-19-21)16-9-15-17(22-7-3-2-4-8-22)6-5-13(12-23)18(15)20-16/h5-6,9-12,20H,2-4,7-8H2,1H3. The van der Waals surface area contributed by atoms with E-state index >= 15 is 0 Å². The minimum absolute atomic E-state index is 0.705. The molecule has 1 fully saturated rings. The van der Waals surface area contributed by atoms with Crippen LogP contribution in [-0.4, -0.2) is 34.1 Å². The molecule has 3 aromatic rings. The fraction of sp³-hybridized carbons (Fsp3) is 0.333. The molecule has 1 aliphatic heterocycles. The molecule has 0 atom stereocenters. The summed E-state index contributed by atoms with van der Waals surface area (Å²) in [5.74, 6) is 0. The van der Waals surface area contributed by atoms with Gasteiger partial charge < -0.3 is 9.88 Å². The predicted octanol–water partition coefficient (Wildman–Crippen LogP) is 3.37. The minimum atomic E-state index is 0.705. The van der Waals surface area contributed by atoms with Crippen molar-refractivity contribution < 1.29 is 4.79 Å². The Labute approximate surface area is 134 Å². The summed E-state index contributed by atoms with van der Waals surface area (Å²) in [5, 5.41) is 5.36. The number of nitrogens with one attached hydrogen (secondary N) is 1. The first kappa shape index (κ1) is 14.1. The number of nitrogens with zero attached hydrogens (tertiary/aromatic N) is 3. The lowest BCUT2D eigenvalue weighted by molar-refractivity contribution is 0.112. The number of aromatic amines is 1. The molecule has 3 heterocycles. The molecule has 0 radical (unpaired) electrons. The Morgan fingerprint density at radius 1 is 1.22 bits per heavy atom. The maximum atomic E-state index is 11.4. The molecule has 118 valence electrons. The summed E-state index contributed by atoms with van der Waals surface area (Å²) in [7, 11) is 1.90. The van der Waals surface area contributed by atoms with Gasteiger partial charge in [0, 0.05) is 54.2 Å². The second kappa shape index (κ2) is 5.57. The van der Waals surface area contributed by atoms with Gasteiger partial charge in [0.2, 0.25) is 0 Å². The Bertz CT molecular complexity index is 855. The Hall–Kier alpha value is -2.56. The number of H-pyrrole nitrogens is 1. The highest BCUT2D eigenvalue weighted by atomic mass is 16.1. The largest absolute Gasteiger partial charge is 0.371 e. The van der Waals surface area contributed by atoms with Crippen molar-refractivity contribution >= 4 is 22.9 Å². The molecule has 1 N–H and O–H groups in total. The number of aryl methyl sites for hydroxylation is 1. The second-order valence-electron chi connectivity index (χ2n) is 6.21. The van der Waals surface area contributed by atoms with Crippen LogP contribution in [0.1, 0.15) is 29.6 Å². The lowest BCUT2D eigenvalue weighted by Crippen LogP contribution is -2.29. The monoisotopic (exact) mass is 308 g/mol. The first-order valence-corrected chi connectivity index (χ1v) is 8.11. The Morgan fingerprint density at radius 2 is 2.04 bits per heavy atom. The number of hydrogen-bond acceptors (Lipinski definition) is 3. The second-order valence-corrected chi connectivity index (χ2v) is 6.21. The molecule has 2 aromatic heterocycles. The first-order valence-electron chi connectivity index (χ1n) is 8.11. The molecule has 0 saturated carbocycles. The number of hydrogen-bond donors (Lipinski definition) is 1. The van der Waals surface area contributed by atoms with Gasteiger partial charge in [0.25, 0.3) is 0 Å². The third-order valence-corrected chi connectivity index (χ3v) is 4.64. The summed E-state index contributed by atoms with van der Waals surface area (Å²) >= 11 is 0. The first-order chi connectivity index (χ1) is 11.3. The Morgan fingerprint density at radius 3 is 2.74 bits per heavy atom. The normalized spacial score (nSPS) is 15.3. The van der Waals surface area contributed by atoms with Gasteiger partial charge in [-0.3, -0.25) is 9.48 Å². The minimum Gasteiger partial charge on any atom is -0.371 e. The number of benzene rings is 1. The molecule has 1 saturated heterocycles. The fourth-order valence-electron chi connectivity index (χ4n) is 3.45. The van der Waals surface area contributed by atoms with Crippen molar-refractivity contribution in [2.75, 3.05) is 18.0 Å². The van der Waals surface area contributed by atoms with Crippen LogP contribution in [-0.2, 0) is 7.05 Å². The summed E-state index contributed by atoms with van der Waals surface area (Å²) < 4.78 is 1.78. The van der Waals surface area contributed by atoms with E-state index in [9.17, 15) is 4.79 Å². The number of carbonyl (C=O) groups is 1. The number of piperidine rings is 1. The zero-order valence-electron chi connectivity index (χ0n) is 13.2. The van der Waals surface area contributed by atoms with Gasteiger partial charge in [-0.15, -0.1) is 0 Å². The van der Waals surface area contributed by atoms with Gasteiger partial charge in [0.1, 0.15) is 0 Å². The highest BCUT2D eigenvalue weighted by Gasteiger charge is 2.17. The average molecular weight is 308 g/mol. The Kier molecular flexibility index (Phi) is 3.41. The molecular formula is C18H20N4O. The van der Waals surface area contributed by atoms with E-state index in [0.717, 1.165) is 41.5 Å². The lowest BCUT2D eigenvalue weighted by atomic mass is 10.1. The van der Waals surface area contributed by atoms with Gasteiger partial charge in [-0.05, 0) is 37.5 Å². The van der Waals surface area contributed by atoms with E-state index in [2.05, 4.69) is 27.1 Å². The van der Waals surface area contributed by atoms with E-state index in [0.29, 0.717) is 5.56 Å². The number of anilines is 1. The number of aldehydes is 1. The van der Waals surface area contributed by atoms with Crippen LogP contribution in [0.5, 0.6) is 0 Å². The average Bonchev–Trinajstić information content (AvgIpc) is 3.21. The molecule has 5 heteroatoms. The van der Waals surface area contributed by atoms with Crippen LogP contribution >= 0.6 is 0 Å². The van der Waals surface area contributed by atoms with Gasteiger partial charge in [-0.1, -0.05) is 0 Å². The number of rotatable bonds is 3. The molecule has 5 nitrogen and oxygen atoms in total. The van der Waals surface area contributed by atoms with Crippen LogP contribution in [0.2, 0.25) is 0 Å². The van der Waals surface area contributed by atoms with E-state index in [4.69, 9.17) is 0 Å². The van der Waals surface area contributed by atoms with Crippen LogP contribution in [0, 0.1) is 0 Å². The van der Waals surface area contributed by atoms with Gasteiger partial charge >= 0.3 is 0 Å². The summed E-state index contributed by atoms with van der Waals surface area (Å²) in [5.41, 5.74) is 4.88. The molecular weight excluding hydrogens is 288 g/mol.